The summed E-state index contributed by atoms with van der Waals surface area (Å²) in [5.41, 5.74) is 0. The second kappa shape index (κ2) is 7.87. The number of hydrogen-bond donors (Lipinski definition) is 0. The third kappa shape index (κ3) is 4.02. The molecule has 2 aromatic rings. The summed E-state index contributed by atoms with van der Waals surface area (Å²) in [7, 11) is -4.41. The summed E-state index contributed by atoms with van der Waals surface area (Å²) >= 11 is 0. The van der Waals surface area contributed by atoms with Crippen molar-refractivity contribution in [2.75, 3.05) is 13.2 Å². The van der Waals surface area contributed by atoms with Gasteiger partial charge in [0.1, 0.15) is 0 Å². The highest BCUT2D eigenvalue weighted by atomic mass is 32.1. The van der Waals surface area contributed by atoms with Crippen LogP contribution in [0.2, 0.25) is 0 Å². The van der Waals surface area contributed by atoms with Gasteiger partial charge in [0.2, 0.25) is 0 Å². The Hall–Kier alpha value is -0.980. The Morgan fingerprint density at radius 3 is 1.52 bits per heavy atom. The Bertz CT molecular complexity index is 537. The lowest BCUT2D eigenvalue weighted by Crippen LogP contribution is -2.14. The topological polar surface area (TPSA) is 35.5 Å². The van der Waals surface area contributed by atoms with Crippen molar-refractivity contribution in [2.45, 2.75) is 13.8 Å². The third-order valence-electron chi connectivity index (χ3n) is 2.83. The molecule has 0 radical (unpaired) electrons. The quantitative estimate of drug-likeness (QED) is 0.713. The normalized spacial score (nSPS) is 11.8. The first kappa shape index (κ1) is 16.4. The molecule has 0 saturated heterocycles. The summed E-state index contributed by atoms with van der Waals surface area (Å²) in [6.45, 7) is 4.43. The predicted molar refractivity (Wildman–Crippen MR) is 89.9 cm³/mol. The zero-order chi connectivity index (χ0) is 15.1. The Kier molecular flexibility index (Phi) is 6.14. The van der Waals surface area contributed by atoms with Crippen molar-refractivity contribution < 1.29 is 13.6 Å². The van der Waals surface area contributed by atoms with E-state index in [1.807, 2.05) is 74.5 Å². The Morgan fingerprint density at radius 2 is 1.19 bits per heavy atom. The number of benzene rings is 2. The summed E-state index contributed by atoms with van der Waals surface area (Å²) in [5.74, 6) is 0. The van der Waals surface area contributed by atoms with E-state index in [1.165, 1.54) is 0 Å². The van der Waals surface area contributed by atoms with Crippen molar-refractivity contribution in [3.05, 3.63) is 60.7 Å². The fraction of sp³-hybridized carbons (Fsp3) is 0.250. The summed E-state index contributed by atoms with van der Waals surface area (Å²) < 4.78 is 24.5. The molecule has 0 aliphatic rings. The molecule has 0 bridgehead atoms. The average Bonchev–Trinajstić information content (AvgIpc) is 2.50. The lowest BCUT2D eigenvalue weighted by Gasteiger charge is -2.27. The van der Waals surface area contributed by atoms with Crippen molar-refractivity contribution in [3.8, 4) is 0 Å². The minimum atomic E-state index is -3.21. The van der Waals surface area contributed by atoms with Gasteiger partial charge in [0.15, 0.2) is 0 Å². The fourth-order valence-electron chi connectivity index (χ4n) is 2.05. The molecule has 0 spiro atoms. The average molecular weight is 322 g/mol. The lowest BCUT2D eigenvalue weighted by molar-refractivity contribution is 0.236. The summed E-state index contributed by atoms with van der Waals surface area (Å²) in [4.78, 5) is 0. The highest BCUT2D eigenvalue weighted by molar-refractivity contribution is 8.35. The zero-order valence-corrected chi connectivity index (χ0v) is 14.1. The van der Waals surface area contributed by atoms with Crippen molar-refractivity contribution in [2.24, 2.45) is 0 Å². The van der Waals surface area contributed by atoms with Gasteiger partial charge in [0.05, 0.1) is 20.8 Å². The van der Waals surface area contributed by atoms with Gasteiger partial charge in [-0.1, -0.05) is 60.7 Å². The molecule has 0 saturated carbocycles. The van der Waals surface area contributed by atoms with Crippen LogP contribution in [0.15, 0.2) is 60.7 Å². The predicted octanol–water partition coefficient (Wildman–Crippen LogP) is 4.30. The molecular formula is C16H20O3P2. The molecule has 21 heavy (non-hydrogen) atoms. The largest absolute Gasteiger partial charge is 0.358 e. The molecule has 0 amide bonds. The van der Waals surface area contributed by atoms with Crippen molar-refractivity contribution >= 4 is 25.5 Å². The third-order valence-corrected chi connectivity index (χ3v) is 9.61. The molecular weight excluding hydrogens is 302 g/mol. The van der Waals surface area contributed by atoms with Crippen LogP contribution < -0.4 is 10.6 Å². The standard InChI is InChI=1S/C16H20O3P2/c1-3-18-21(17,19-4-2)20(15-11-7-5-8-12-15)16-13-9-6-10-14-16/h5-14H,3-4H2,1-2H3. The molecule has 0 unspecified atom stereocenters. The fourth-order valence-corrected chi connectivity index (χ4v) is 8.66. The van der Waals surface area contributed by atoms with Gasteiger partial charge in [-0.3, -0.25) is 4.57 Å². The van der Waals surface area contributed by atoms with Gasteiger partial charge in [-0.05, 0) is 24.5 Å². The van der Waals surface area contributed by atoms with E-state index in [-0.39, 0.29) is 0 Å². The molecule has 0 aliphatic heterocycles. The maximum atomic E-state index is 13.3. The Morgan fingerprint density at radius 1 is 0.810 bits per heavy atom. The summed E-state index contributed by atoms with van der Waals surface area (Å²) in [6.07, 6.45) is 0. The molecule has 112 valence electrons. The van der Waals surface area contributed by atoms with Crippen LogP contribution in [0.3, 0.4) is 0 Å². The Balaban J connectivity index is 2.52. The van der Waals surface area contributed by atoms with E-state index in [4.69, 9.17) is 9.05 Å². The van der Waals surface area contributed by atoms with E-state index >= 15 is 0 Å². The van der Waals surface area contributed by atoms with Gasteiger partial charge < -0.3 is 9.05 Å². The van der Waals surface area contributed by atoms with Crippen molar-refractivity contribution in [1.29, 1.82) is 0 Å². The zero-order valence-electron chi connectivity index (χ0n) is 12.3. The van der Waals surface area contributed by atoms with Gasteiger partial charge in [-0.25, -0.2) is 0 Å². The lowest BCUT2D eigenvalue weighted by atomic mass is 10.4. The molecule has 2 aromatic carbocycles. The van der Waals surface area contributed by atoms with Gasteiger partial charge in [-0.15, -0.1) is 0 Å². The first-order valence-electron chi connectivity index (χ1n) is 7.01. The van der Waals surface area contributed by atoms with Gasteiger partial charge in [-0.2, -0.15) is 0 Å². The maximum absolute atomic E-state index is 13.3. The van der Waals surface area contributed by atoms with Crippen LogP contribution in [0.1, 0.15) is 13.8 Å². The maximum Gasteiger partial charge on any atom is 0.358 e. The first-order valence-corrected chi connectivity index (χ1v) is 10.6. The van der Waals surface area contributed by atoms with Crippen LogP contribution in [0, 0.1) is 0 Å². The monoisotopic (exact) mass is 322 g/mol. The highest BCUT2D eigenvalue weighted by Gasteiger charge is 2.37. The van der Waals surface area contributed by atoms with E-state index in [0.717, 1.165) is 10.6 Å². The van der Waals surface area contributed by atoms with Crippen LogP contribution in [0.25, 0.3) is 0 Å². The minimum absolute atomic E-state index is 0.371. The second-order valence-corrected chi connectivity index (χ2v) is 10.1. The van der Waals surface area contributed by atoms with Crippen molar-refractivity contribution in [3.63, 3.8) is 0 Å². The summed E-state index contributed by atoms with van der Waals surface area (Å²) in [6, 6.07) is 19.7. The Labute approximate surface area is 127 Å². The molecule has 2 rings (SSSR count). The van der Waals surface area contributed by atoms with Crippen LogP contribution >= 0.6 is 14.9 Å². The van der Waals surface area contributed by atoms with Crippen LogP contribution in [-0.4, -0.2) is 13.2 Å². The van der Waals surface area contributed by atoms with Gasteiger partial charge >= 0.3 is 7.28 Å². The van der Waals surface area contributed by atoms with E-state index in [9.17, 15) is 4.57 Å². The molecule has 0 aliphatic carbocycles. The second-order valence-electron chi connectivity index (χ2n) is 4.29. The number of hydrogen-bond acceptors (Lipinski definition) is 3. The van der Waals surface area contributed by atoms with Crippen LogP contribution in [0.5, 0.6) is 0 Å². The molecule has 5 heteroatoms. The van der Waals surface area contributed by atoms with Gasteiger partial charge in [0, 0.05) is 0 Å². The van der Waals surface area contributed by atoms with E-state index in [0.29, 0.717) is 13.2 Å². The van der Waals surface area contributed by atoms with Crippen LogP contribution in [0.4, 0.5) is 0 Å². The molecule has 0 fully saturated rings. The molecule has 0 atom stereocenters. The SMILES string of the molecule is CCOP(=O)(OCC)P(c1ccccc1)c1ccccc1. The van der Waals surface area contributed by atoms with E-state index in [2.05, 4.69) is 0 Å². The van der Waals surface area contributed by atoms with E-state index in [1.54, 1.807) is 0 Å². The molecule has 0 aromatic heterocycles. The molecule has 0 heterocycles. The minimum Gasteiger partial charge on any atom is -0.306 e. The van der Waals surface area contributed by atoms with Crippen molar-refractivity contribution in [1.82, 2.24) is 0 Å². The first-order chi connectivity index (χ1) is 10.2. The molecule has 3 nitrogen and oxygen atoms in total. The van der Waals surface area contributed by atoms with Crippen LogP contribution in [-0.2, 0) is 13.6 Å². The smallest absolute Gasteiger partial charge is 0.306 e. The van der Waals surface area contributed by atoms with Gasteiger partial charge in [0.25, 0.3) is 0 Å². The highest BCUT2D eigenvalue weighted by Crippen LogP contribution is 2.75. The van der Waals surface area contributed by atoms with E-state index < -0.39 is 14.9 Å². The molecule has 0 N–H and O–H groups in total. The summed E-state index contributed by atoms with van der Waals surface area (Å²) in [5, 5.41) is 2.01. The number of rotatable bonds is 7.